The minimum absolute atomic E-state index is 0.0778. The van der Waals surface area contributed by atoms with Crippen molar-refractivity contribution in [2.75, 3.05) is 11.9 Å². The van der Waals surface area contributed by atoms with Crippen molar-refractivity contribution < 1.29 is 18.6 Å². The van der Waals surface area contributed by atoms with Crippen LogP contribution in [0.3, 0.4) is 0 Å². The van der Waals surface area contributed by atoms with E-state index in [0.717, 1.165) is 18.2 Å². The molecule has 0 fully saturated rings. The van der Waals surface area contributed by atoms with Gasteiger partial charge in [-0.05, 0) is 12.1 Å². The van der Waals surface area contributed by atoms with Crippen LogP contribution < -0.4 is 4.74 Å². The first kappa shape index (κ1) is 11.4. The van der Waals surface area contributed by atoms with Crippen molar-refractivity contribution in [2.45, 2.75) is 6.10 Å². The van der Waals surface area contributed by atoms with Crippen LogP contribution in [0.25, 0.3) is 0 Å². The van der Waals surface area contributed by atoms with Gasteiger partial charge in [-0.3, -0.25) is 0 Å². The molecule has 0 spiro atoms. The maximum atomic E-state index is 12.9. The molecule has 78 valence electrons. The van der Waals surface area contributed by atoms with Gasteiger partial charge in [-0.25, -0.2) is 8.78 Å². The fraction of sp³-hybridized carbons (Fsp3) is 0.333. The van der Waals surface area contributed by atoms with Gasteiger partial charge in [-0.1, -0.05) is 15.9 Å². The molecular weight excluding hydrogens is 258 g/mol. The first-order valence-electron chi connectivity index (χ1n) is 3.95. The summed E-state index contributed by atoms with van der Waals surface area (Å²) in [6.07, 6.45) is -0.738. The third kappa shape index (κ3) is 3.23. The normalized spacial score (nSPS) is 12.6. The van der Waals surface area contributed by atoms with E-state index in [-0.39, 0.29) is 12.4 Å². The number of rotatable bonds is 4. The Kier molecular flexibility index (Phi) is 4.28. The zero-order chi connectivity index (χ0) is 10.6. The second-order valence-electron chi connectivity index (χ2n) is 2.69. The molecule has 0 saturated heterocycles. The largest absolute Gasteiger partial charge is 0.488 e. The van der Waals surface area contributed by atoms with Gasteiger partial charge in [0.15, 0.2) is 11.6 Å². The van der Waals surface area contributed by atoms with Crippen LogP contribution in [0.2, 0.25) is 0 Å². The van der Waals surface area contributed by atoms with E-state index < -0.39 is 17.7 Å². The summed E-state index contributed by atoms with van der Waals surface area (Å²) in [7, 11) is 0. The fourth-order valence-electron chi connectivity index (χ4n) is 0.818. The minimum Gasteiger partial charge on any atom is -0.488 e. The Morgan fingerprint density at radius 3 is 2.79 bits per heavy atom. The van der Waals surface area contributed by atoms with Gasteiger partial charge in [-0.2, -0.15) is 0 Å². The summed E-state index contributed by atoms with van der Waals surface area (Å²) in [6, 6.07) is 2.92. The van der Waals surface area contributed by atoms with Crippen molar-refractivity contribution in [2.24, 2.45) is 0 Å². The molecule has 0 amide bonds. The van der Waals surface area contributed by atoms with Crippen LogP contribution in [0.5, 0.6) is 5.75 Å². The summed E-state index contributed by atoms with van der Waals surface area (Å²) < 4.78 is 30.4. The Bertz CT molecular complexity index is 307. The summed E-state index contributed by atoms with van der Waals surface area (Å²) in [5.41, 5.74) is 0. The molecule has 0 aromatic heterocycles. The Balaban J connectivity index is 2.62. The van der Waals surface area contributed by atoms with Crippen LogP contribution in [-0.4, -0.2) is 23.1 Å². The van der Waals surface area contributed by atoms with E-state index in [9.17, 15) is 8.78 Å². The molecule has 1 aromatic rings. The van der Waals surface area contributed by atoms with E-state index in [1.165, 1.54) is 0 Å². The SMILES string of the molecule is OC(CBr)COc1cc(F)ccc1F. The number of aliphatic hydroxyl groups excluding tert-OH is 1. The molecule has 14 heavy (non-hydrogen) atoms. The third-order valence-corrected chi connectivity index (χ3v) is 2.25. The highest BCUT2D eigenvalue weighted by Gasteiger charge is 2.07. The molecule has 0 bridgehead atoms. The number of hydrogen-bond donors (Lipinski definition) is 1. The Hall–Kier alpha value is -0.680. The van der Waals surface area contributed by atoms with Crippen molar-refractivity contribution in [1.29, 1.82) is 0 Å². The summed E-state index contributed by atoms with van der Waals surface area (Å²) in [6.45, 7) is -0.0778. The molecule has 0 aliphatic heterocycles. The van der Waals surface area contributed by atoms with Crippen molar-refractivity contribution in [1.82, 2.24) is 0 Å². The first-order valence-corrected chi connectivity index (χ1v) is 5.07. The van der Waals surface area contributed by atoms with E-state index in [0.29, 0.717) is 5.33 Å². The van der Waals surface area contributed by atoms with Crippen LogP contribution in [-0.2, 0) is 0 Å². The Morgan fingerprint density at radius 1 is 1.43 bits per heavy atom. The van der Waals surface area contributed by atoms with Gasteiger partial charge in [0.1, 0.15) is 12.4 Å². The summed E-state index contributed by atoms with van der Waals surface area (Å²) >= 11 is 3.02. The predicted molar refractivity (Wildman–Crippen MR) is 51.7 cm³/mol. The number of benzene rings is 1. The molecule has 5 heteroatoms. The fourth-order valence-corrected chi connectivity index (χ4v) is 1.01. The number of alkyl halides is 1. The summed E-state index contributed by atoms with van der Waals surface area (Å²) in [5.74, 6) is -1.41. The van der Waals surface area contributed by atoms with Crippen molar-refractivity contribution >= 4 is 15.9 Å². The van der Waals surface area contributed by atoms with Gasteiger partial charge >= 0.3 is 0 Å². The molecule has 1 atom stereocenters. The molecule has 0 radical (unpaired) electrons. The molecule has 0 aliphatic rings. The maximum absolute atomic E-state index is 12.9. The van der Waals surface area contributed by atoms with Crippen molar-refractivity contribution in [3.05, 3.63) is 29.8 Å². The van der Waals surface area contributed by atoms with Gasteiger partial charge in [0, 0.05) is 11.4 Å². The van der Waals surface area contributed by atoms with Crippen molar-refractivity contribution in [3.63, 3.8) is 0 Å². The average Bonchev–Trinajstić information content (AvgIpc) is 2.19. The van der Waals surface area contributed by atoms with Gasteiger partial charge in [0.25, 0.3) is 0 Å². The zero-order valence-electron chi connectivity index (χ0n) is 7.21. The van der Waals surface area contributed by atoms with Crippen LogP contribution in [0.15, 0.2) is 18.2 Å². The van der Waals surface area contributed by atoms with E-state index in [2.05, 4.69) is 15.9 Å². The maximum Gasteiger partial charge on any atom is 0.165 e. The second-order valence-corrected chi connectivity index (χ2v) is 3.34. The second kappa shape index (κ2) is 5.26. The zero-order valence-corrected chi connectivity index (χ0v) is 8.80. The van der Waals surface area contributed by atoms with Gasteiger partial charge in [-0.15, -0.1) is 0 Å². The lowest BCUT2D eigenvalue weighted by Crippen LogP contribution is -2.19. The molecule has 1 unspecified atom stereocenters. The number of halogens is 3. The number of hydrogen-bond acceptors (Lipinski definition) is 2. The summed E-state index contributed by atoms with van der Waals surface area (Å²) in [5, 5.41) is 9.41. The molecule has 0 heterocycles. The van der Waals surface area contributed by atoms with E-state index in [1.54, 1.807) is 0 Å². The molecular formula is C9H9BrF2O2. The monoisotopic (exact) mass is 266 g/mol. The molecule has 0 aliphatic carbocycles. The lowest BCUT2D eigenvalue weighted by molar-refractivity contribution is 0.124. The Labute approximate surface area is 88.6 Å². The topological polar surface area (TPSA) is 29.5 Å². The van der Waals surface area contributed by atoms with E-state index in [4.69, 9.17) is 9.84 Å². The number of aliphatic hydroxyl groups is 1. The molecule has 0 saturated carbocycles. The third-order valence-electron chi connectivity index (χ3n) is 1.50. The lowest BCUT2D eigenvalue weighted by atomic mass is 10.3. The van der Waals surface area contributed by atoms with Crippen LogP contribution >= 0.6 is 15.9 Å². The van der Waals surface area contributed by atoms with Crippen LogP contribution in [0.4, 0.5) is 8.78 Å². The van der Waals surface area contributed by atoms with Gasteiger partial charge in [0.2, 0.25) is 0 Å². The Morgan fingerprint density at radius 2 is 2.14 bits per heavy atom. The highest BCUT2D eigenvalue weighted by Crippen LogP contribution is 2.18. The standard InChI is InChI=1S/C9H9BrF2O2/c10-4-7(13)5-14-9-3-6(11)1-2-8(9)12/h1-3,7,13H,4-5H2. The molecule has 2 nitrogen and oxygen atoms in total. The quantitative estimate of drug-likeness (QED) is 0.846. The first-order chi connectivity index (χ1) is 6.63. The van der Waals surface area contributed by atoms with Gasteiger partial charge < -0.3 is 9.84 Å². The minimum atomic E-state index is -0.738. The van der Waals surface area contributed by atoms with Crippen molar-refractivity contribution in [3.8, 4) is 5.75 Å². The molecule has 1 N–H and O–H groups in total. The average molecular weight is 267 g/mol. The number of ether oxygens (including phenoxy) is 1. The van der Waals surface area contributed by atoms with Crippen LogP contribution in [0.1, 0.15) is 0 Å². The lowest BCUT2D eigenvalue weighted by Gasteiger charge is -2.10. The van der Waals surface area contributed by atoms with E-state index in [1.807, 2.05) is 0 Å². The van der Waals surface area contributed by atoms with Crippen LogP contribution in [0, 0.1) is 11.6 Å². The molecule has 1 rings (SSSR count). The smallest absolute Gasteiger partial charge is 0.165 e. The molecule has 1 aromatic carbocycles. The van der Waals surface area contributed by atoms with E-state index >= 15 is 0 Å². The predicted octanol–water partition coefficient (Wildman–Crippen LogP) is 2.10. The highest BCUT2D eigenvalue weighted by molar-refractivity contribution is 9.09. The summed E-state index contributed by atoms with van der Waals surface area (Å²) in [4.78, 5) is 0. The highest BCUT2D eigenvalue weighted by atomic mass is 79.9. The van der Waals surface area contributed by atoms with Gasteiger partial charge in [0.05, 0.1) is 6.10 Å².